The quantitative estimate of drug-likeness (QED) is 0.183. The average Bonchev–Trinajstić information content (AvgIpc) is 3.94. The highest BCUT2D eigenvalue weighted by atomic mass is 15.0. The second-order valence-electron chi connectivity index (χ2n) is 14.2. The van der Waals surface area contributed by atoms with E-state index in [4.69, 9.17) is 9.97 Å². The van der Waals surface area contributed by atoms with Gasteiger partial charge in [-0.2, -0.15) is 0 Å². The number of hydrogen-bond donors (Lipinski definition) is 0. The van der Waals surface area contributed by atoms with Crippen molar-refractivity contribution in [3.05, 3.63) is 164 Å². The highest BCUT2D eigenvalue weighted by Gasteiger charge is 2.22. The molecule has 0 aliphatic heterocycles. The van der Waals surface area contributed by atoms with Crippen LogP contribution in [0.1, 0.15) is 0 Å². The minimum absolute atomic E-state index is 0.904. The van der Waals surface area contributed by atoms with Gasteiger partial charge in [0.15, 0.2) is 5.65 Å². The Kier molecular flexibility index (Phi) is 5.06. The molecule has 0 N–H and O–H groups in total. The zero-order valence-corrected chi connectivity index (χ0v) is 28.3. The number of aromatic nitrogens is 5. The molecule has 0 aliphatic rings. The molecular weight excluding hydrogens is 647 g/mol. The van der Waals surface area contributed by atoms with Crippen LogP contribution in [0.3, 0.4) is 0 Å². The van der Waals surface area contributed by atoms with Gasteiger partial charge >= 0.3 is 0 Å². The van der Waals surface area contributed by atoms with Crippen LogP contribution in [0.15, 0.2) is 164 Å². The molecule has 5 nitrogen and oxygen atoms in total. The van der Waals surface area contributed by atoms with Gasteiger partial charge in [0.05, 0.1) is 44.1 Å². The first-order valence-electron chi connectivity index (χ1n) is 18.1. The first-order chi connectivity index (χ1) is 26.3. The molecule has 0 radical (unpaired) electrons. The van der Waals surface area contributed by atoms with Crippen LogP contribution in [0.5, 0.6) is 0 Å². The molecule has 8 aromatic carbocycles. The average molecular weight is 674 g/mol. The summed E-state index contributed by atoms with van der Waals surface area (Å²) in [7, 11) is 0. The van der Waals surface area contributed by atoms with Crippen molar-refractivity contribution in [3.8, 4) is 11.4 Å². The Morgan fingerprint density at radius 2 is 0.906 bits per heavy atom. The largest absolute Gasteiger partial charge is 0.309 e. The van der Waals surface area contributed by atoms with Crippen molar-refractivity contribution in [2.75, 3.05) is 0 Å². The summed E-state index contributed by atoms with van der Waals surface area (Å²) in [4.78, 5) is 10.2. The van der Waals surface area contributed by atoms with Crippen molar-refractivity contribution in [3.63, 3.8) is 0 Å². The number of benzene rings is 8. The summed E-state index contributed by atoms with van der Waals surface area (Å²) >= 11 is 0. The second-order valence-corrected chi connectivity index (χ2v) is 14.2. The van der Waals surface area contributed by atoms with E-state index >= 15 is 0 Å². The third kappa shape index (κ3) is 3.42. The maximum Gasteiger partial charge on any atom is 0.165 e. The lowest BCUT2D eigenvalue weighted by Crippen LogP contribution is -1.94. The maximum atomic E-state index is 5.15. The summed E-state index contributed by atoms with van der Waals surface area (Å²) in [6, 6.07) is 59.3. The predicted molar refractivity (Wildman–Crippen MR) is 220 cm³/mol. The molecular formula is C48H27N5. The molecule has 13 rings (SSSR count). The van der Waals surface area contributed by atoms with Crippen molar-refractivity contribution in [1.82, 2.24) is 23.5 Å². The van der Waals surface area contributed by atoms with Crippen LogP contribution in [0.25, 0.3) is 115 Å². The zero-order valence-electron chi connectivity index (χ0n) is 28.3. The molecule has 0 aliphatic carbocycles. The normalized spacial score (nSPS) is 12.5. The minimum atomic E-state index is 0.904. The standard InChI is InChI=1S/C48H27N5/c1-2-11-28(12-3-1)51-39-19-8-4-13-33(39)44-30-23-26-43-45(31(30)22-25-42(44)51)34-14-5-9-20-40(34)52(43)29-21-24-41-36(27-29)32-15-10-16-35-46-48(53(41)47(32)35)50-38-18-7-6-17-37(38)49-46/h1-27H. The molecule has 0 atom stereocenters. The van der Waals surface area contributed by atoms with Gasteiger partial charge in [-0.25, -0.2) is 9.97 Å². The molecule has 5 heterocycles. The number of hydrogen-bond acceptors (Lipinski definition) is 2. The van der Waals surface area contributed by atoms with Crippen molar-refractivity contribution >= 4 is 104 Å². The van der Waals surface area contributed by atoms with Crippen LogP contribution in [-0.4, -0.2) is 23.5 Å². The third-order valence-electron chi connectivity index (χ3n) is 11.5. The van der Waals surface area contributed by atoms with Gasteiger partial charge < -0.3 is 9.13 Å². The van der Waals surface area contributed by atoms with Gasteiger partial charge in [0, 0.05) is 49.1 Å². The Hall–Kier alpha value is -7.24. The second kappa shape index (κ2) is 9.75. The molecule has 244 valence electrons. The van der Waals surface area contributed by atoms with Crippen molar-refractivity contribution in [2.24, 2.45) is 0 Å². The van der Waals surface area contributed by atoms with Crippen LogP contribution >= 0.6 is 0 Å². The third-order valence-corrected chi connectivity index (χ3v) is 11.5. The van der Waals surface area contributed by atoms with E-state index in [9.17, 15) is 0 Å². The first-order valence-corrected chi connectivity index (χ1v) is 18.1. The highest BCUT2D eigenvalue weighted by molar-refractivity contribution is 6.30. The topological polar surface area (TPSA) is 40.0 Å². The summed E-state index contributed by atoms with van der Waals surface area (Å²) < 4.78 is 7.16. The van der Waals surface area contributed by atoms with Crippen LogP contribution in [0, 0.1) is 0 Å². The molecule has 0 saturated heterocycles. The van der Waals surface area contributed by atoms with Crippen molar-refractivity contribution < 1.29 is 0 Å². The Bertz CT molecular complexity index is 3680. The Morgan fingerprint density at radius 1 is 0.340 bits per heavy atom. The molecule has 0 fully saturated rings. The summed E-state index contributed by atoms with van der Waals surface area (Å²) in [6.07, 6.45) is 0. The van der Waals surface area contributed by atoms with Gasteiger partial charge in [0.25, 0.3) is 0 Å². The van der Waals surface area contributed by atoms with Crippen molar-refractivity contribution in [2.45, 2.75) is 0 Å². The zero-order chi connectivity index (χ0) is 34.4. The highest BCUT2D eigenvalue weighted by Crippen LogP contribution is 2.44. The summed E-state index contributed by atoms with van der Waals surface area (Å²) in [5.74, 6) is 0. The lowest BCUT2D eigenvalue weighted by atomic mass is 9.99. The first kappa shape index (κ1) is 27.5. The van der Waals surface area contributed by atoms with E-state index in [0.717, 1.165) is 38.8 Å². The van der Waals surface area contributed by atoms with Gasteiger partial charge in [-0.05, 0) is 77.5 Å². The summed E-state index contributed by atoms with van der Waals surface area (Å²) in [5, 5.41) is 11.2. The van der Waals surface area contributed by atoms with Crippen LogP contribution in [0.2, 0.25) is 0 Å². The predicted octanol–water partition coefficient (Wildman–Crippen LogP) is 12.1. The monoisotopic (exact) mass is 673 g/mol. The SMILES string of the molecule is c1ccc(-n2c3ccccc3c3c4ccc5c(c4ccc32)c2ccccc2n5-c2ccc3c(c2)c2cccc4c5nc6ccccc6nc5n3c24)cc1. The number of rotatable bonds is 2. The number of para-hydroxylation sites is 6. The van der Waals surface area contributed by atoms with E-state index in [1.807, 2.05) is 24.3 Å². The summed E-state index contributed by atoms with van der Waals surface area (Å²) in [5.41, 5.74) is 13.1. The lowest BCUT2D eigenvalue weighted by Gasteiger charge is -2.10. The van der Waals surface area contributed by atoms with Crippen LogP contribution < -0.4 is 0 Å². The fraction of sp³-hybridized carbons (Fsp3) is 0. The van der Waals surface area contributed by atoms with E-state index in [0.29, 0.717) is 0 Å². The Morgan fingerprint density at radius 3 is 1.62 bits per heavy atom. The van der Waals surface area contributed by atoms with E-state index in [1.54, 1.807) is 0 Å². The smallest absolute Gasteiger partial charge is 0.165 e. The molecule has 0 unspecified atom stereocenters. The number of nitrogens with zero attached hydrogens (tertiary/aromatic N) is 5. The molecule has 53 heavy (non-hydrogen) atoms. The van der Waals surface area contributed by atoms with Gasteiger partial charge in [-0.15, -0.1) is 0 Å². The Labute approximate surface area is 301 Å². The Balaban J connectivity index is 1.11. The molecule has 0 bridgehead atoms. The number of fused-ring (bicyclic) bond motifs is 16. The van der Waals surface area contributed by atoms with Gasteiger partial charge in [0.2, 0.25) is 0 Å². The summed E-state index contributed by atoms with van der Waals surface area (Å²) in [6.45, 7) is 0. The van der Waals surface area contributed by atoms with E-state index in [1.165, 1.54) is 76.4 Å². The van der Waals surface area contributed by atoms with Crippen molar-refractivity contribution in [1.29, 1.82) is 0 Å². The fourth-order valence-electron chi connectivity index (χ4n) is 9.41. The van der Waals surface area contributed by atoms with Gasteiger partial charge in [0.1, 0.15) is 5.52 Å². The van der Waals surface area contributed by atoms with E-state index in [-0.39, 0.29) is 0 Å². The lowest BCUT2D eigenvalue weighted by molar-refractivity contribution is 1.18. The van der Waals surface area contributed by atoms with Gasteiger partial charge in [-0.3, -0.25) is 4.40 Å². The minimum Gasteiger partial charge on any atom is -0.309 e. The molecule has 0 saturated carbocycles. The molecule has 5 aromatic heterocycles. The fourth-order valence-corrected chi connectivity index (χ4v) is 9.41. The maximum absolute atomic E-state index is 5.15. The molecule has 5 heteroatoms. The van der Waals surface area contributed by atoms with Gasteiger partial charge in [-0.1, -0.05) is 97.1 Å². The molecule has 0 amide bonds. The molecule has 0 spiro atoms. The van der Waals surface area contributed by atoms with E-state index in [2.05, 4.69) is 153 Å². The van der Waals surface area contributed by atoms with Crippen LogP contribution in [-0.2, 0) is 0 Å². The molecule has 13 aromatic rings. The van der Waals surface area contributed by atoms with E-state index < -0.39 is 0 Å². The van der Waals surface area contributed by atoms with Crippen LogP contribution in [0.4, 0.5) is 0 Å².